The molecule has 0 saturated heterocycles. The molecule has 1 fully saturated rings. The topological polar surface area (TPSA) is 38.1 Å². The van der Waals surface area contributed by atoms with Crippen molar-refractivity contribution in [3.8, 4) is 0 Å². The van der Waals surface area contributed by atoms with E-state index in [1.165, 1.54) is 6.39 Å². The SMILES string of the molecule is CNCc1ncoc1C1CC(F)(F)C1. The van der Waals surface area contributed by atoms with E-state index >= 15 is 0 Å². The molecule has 1 aliphatic carbocycles. The molecule has 0 amide bonds. The van der Waals surface area contributed by atoms with Crippen LogP contribution in [-0.4, -0.2) is 18.0 Å². The van der Waals surface area contributed by atoms with E-state index in [9.17, 15) is 8.78 Å². The Bertz CT molecular complexity index is 316. The Morgan fingerprint density at radius 1 is 1.64 bits per heavy atom. The van der Waals surface area contributed by atoms with Crippen LogP contribution in [0.3, 0.4) is 0 Å². The Kier molecular flexibility index (Phi) is 2.26. The number of oxazole rings is 1. The van der Waals surface area contributed by atoms with Crippen molar-refractivity contribution in [2.45, 2.75) is 31.2 Å². The van der Waals surface area contributed by atoms with Crippen molar-refractivity contribution in [1.29, 1.82) is 0 Å². The van der Waals surface area contributed by atoms with Gasteiger partial charge in [-0.15, -0.1) is 0 Å². The van der Waals surface area contributed by atoms with Gasteiger partial charge in [-0.1, -0.05) is 0 Å². The highest BCUT2D eigenvalue weighted by molar-refractivity contribution is 5.17. The van der Waals surface area contributed by atoms with Gasteiger partial charge in [0.1, 0.15) is 5.76 Å². The molecule has 0 spiro atoms. The van der Waals surface area contributed by atoms with E-state index in [0.717, 1.165) is 5.69 Å². The van der Waals surface area contributed by atoms with Crippen LogP contribution in [0, 0.1) is 0 Å². The molecule has 78 valence electrons. The van der Waals surface area contributed by atoms with Crippen molar-refractivity contribution in [2.24, 2.45) is 0 Å². The van der Waals surface area contributed by atoms with Crippen molar-refractivity contribution in [3.05, 3.63) is 17.8 Å². The minimum Gasteiger partial charge on any atom is -0.448 e. The number of rotatable bonds is 3. The smallest absolute Gasteiger partial charge is 0.249 e. The molecule has 0 radical (unpaired) electrons. The summed E-state index contributed by atoms with van der Waals surface area (Å²) >= 11 is 0. The quantitative estimate of drug-likeness (QED) is 0.813. The lowest BCUT2D eigenvalue weighted by atomic mass is 9.79. The third kappa shape index (κ3) is 1.64. The maximum Gasteiger partial charge on any atom is 0.249 e. The summed E-state index contributed by atoms with van der Waals surface area (Å²) in [5.74, 6) is -2.05. The Labute approximate surface area is 80.5 Å². The van der Waals surface area contributed by atoms with Crippen LogP contribution in [0.5, 0.6) is 0 Å². The first-order valence-electron chi connectivity index (χ1n) is 4.57. The molecule has 14 heavy (non-hydrogen) atoms. The first-order valence-corrected chi connectivity index (χ1v) is 4.57. The van der Waals surface area contributed by atoms with Crippen LogP contribution in [0.1, 0.15) is 30.2 Å². The number of hydrogen-bond donors (Lipinski definition) is 1. The molecule has 1 saturated carbocycles. The maximum absolute atomic E-state index is 12.6. The van der Waals surface area contributed by atoms with E-state index in [0.29, 0.717) is 12.3 Å². The van der Waals surface area contributed by atoms with Crippen LogP contribution in [0.25, 0.3) is 0 Å². The van der Waals surface area contributed by atoms with E-state index in [1.54, 1.807) is 7.05 Å². The van der Waals surface area contributed by atoms with Crippen LogP contribution in [0.15, 0.2) is 10.8 Å². The molecule has 0 aromatic carbocycles. The summed E-state index contributed by atoms with van der Waals surface area (Å²) in [6.45, 7) is 0.563. The normalized spacial score (nSPS) is 20.8. The van der Waals surface area contributed by atoms with E-state index in [1.807, 2.05) is 0 Å². The molecule has 0 aliphatic heterocycles. The molecule has 2 rings (SSSR count). The van der Waals surface area contributed by atoms with Crippen molar-refractivity contribution in [3.63, 3.8) is 0 Å². The fourth-order valence-electron chi connectivity index (χ4n) is 1.76. The summed E-state index contributed by atoms with van der Waals surface area (Å²) in [6.07, 6.45) is 1.09. The lowest BCUT2D eigenvalue weighted by Gasteiger charge is -2.33. The van der Waals surface area contributed by atoms with Crippen molar-refractivity contribution in [1.82, 2.24) is 10.3 Å². The molecule has 0 bridgehead atoms. The second-order valence-electron chi connectivity index (χ2n) is 3.65. The van der Waals surface area contributed by atoms with Crippen LogP contribution < -0.4 is 5.32 Å². The van der Waals surface area contributed by atoms with Gasteiger partial charge in [0.2, 0.25) is 5.92 Å². The summed E-state index contributed by atoms with van der Waals surface area (Å²) in [4.78, 5) is 3.98. The van der Waals surface area contributed by atoms with E-state index in [-0.39, 0.29) is 18.8 Å². The molecule has 1 aliphatic rings. The van der Waals surface area contributed by atoms with Gasteiger partial charge in [0.25, 0.3) is 0 Å². The van der Waals surface area contributed by atoms with E-state index < -0.39 is 5.92 Å². The number of alkyl halides is 2. The average molecular weight is 202 g/mol. The van der Waals surface area contributed by atoms with Gasteiger partial charge in [-0.25, -0.2) is 13.8 Å². The third-order valence-electron chi connectivity index (χ3n) is 2.48. The Morgan fingerprint density at radius 2 is 2.36 bits per heavy atom. The van der Waals surface area contributed by atoms with Crippen molar-refractivity contribution < 1.29 is 13.2 Å². The predicted molar refractivity (Wildman–Crippen MR) is 46.2 cm³/mol. The van der Waals surface area contributed by atoms with E-state index in [2.05, 4.69) is 10.3 Å². The number of nitrogens with zero attached hydrogens (tertiary/aromatic N) is 1. The molecule has 1 N–H and O–H groups in total. The fraction of sp³-hybridized carbons (Fsp3) is 0.667. The highest BCUT2D eigenvalue weighted by atomic mass is 19.3. The van der Waals surface area contributed by atoms with E-state index in [4.69, 9.17) is 4.42 Å². The Hall–Kier alpha value is -0.970. The molecule has 0 unspecified atom stereocenters. The molecule has 0 atom stereocenters. The second-order valence-corrected chi connectivity index (χ2v) is 3.65. The molecular weight excluding hydrogens is 190 g/mol. The summed E-state index contributed by atoms with van der Waals surface area (Å²) in [5, 5.41) is 2.92. The first-order chi connectivity index (χ1) is 6.62. The third-order valence-corrected chi connectivity index (χ3v) is 2.48. The monoisotopic (exact) mass is 202 g/mol. The minimum atomic E-state index is -2.51. The predicted octanol–water partition coefficient (Wildman–Crippen LogP) is 1.91. The zero-order valence-electron chi connectivity index (χ0n) is 7.89. The molecule has 1 aromatic heterocycles. The molecule has 1 aromatic rings. The maximum atomic E-state index is 12.6. The van der Waals surface area contributed by atoms with Gasteiger partial charge in [-0.3, -0.25) is 0 Å². The summed E-state index contributed by atoms with van der Waals surface area (Å²) in [5.41, 5.74) is 0.744. The van der Waals surface area contributed by atoms with Crippen LogP contribution >= 0.6 is 0 Å². The van der Waals surface area contributed by atoms with Crippen LogP contribution in [0.4, 0.5) is 8.78 Å². The van der Waals surface area contributed by atoms with Gasteiger partial charge in [0, 0.05) is 25.3 Å². The Morgan fingerprint density at radius 3 is 2.93 bits per heavy atom. The van der Waals surface area contributed by atoms with Gasteiger partial charge in [-0.05, 0) is 7.05 Å². The Balaban J connectivity index is 2.06. The number of aromatic nitrogens is 1. The van der Waals surface area contributed by atoms with Crippen LogP contribution in [-0.2, 0) is 6.54 Å². The van der Waals surface area contributed by atoms with Gasteiger partial charge in [0.15, 0.2) is 6.39 Å². The lowest BCUT2D eigenvalue weighted by molar-refractivity contribution is -0.0909. The van der Waals surface area contributed by atoms with Crippen molar-refractivity contribution >= 4 is 0 Å². The van der Waals surface area contributed by atoms with Gasteiger partial charge >= 0.3 is 0 Å². The number of nitrogens with one attached hydrogen (secondary N) is 1. The molecule has 1 heterocycles. The highest BCUT2D eigenvalue weighted by Crippen LogP contribution is 2.48. The lowest BCUT2D eigenvalue weighted by Crippen LogP contribution is -2.34. The number of halogens is 2. The summed E-state index contributed by atoms with van der Waals surface area (Å²) < 4.78 is 30.4. The summed E-state index contributed by atoms with van der Waals surface area (Å²) in [6, 6.07) is 0. The largest absolute Gasteiger partial charge is 0.448 e. The van der Waals surface area contributed by atoms with Crippen LogP contribution in [0.2, 0.25) is 0 Å². The first kappa shape index (κ1) is 9.58. The standard InChI is InChI=1S/C9H12F2N2O/c1-12-4-7-8(14-5-13-7)6-2-9(10,11)3-6/h5-6,12H,2-4H2,1H3. The second kappa shape index (κ2) is 3.31. The highest BCUT2D eigenvalue weighted by Gasteiger charge is 2.48. The van der Waals surface area contributed by atoms with Crippen molar-refractivity contribution in [2.75, 3.05) is 7.05 Å². The molecule has 5 heteroatoms. The molecular formula is C9H12F2N2O. The van der Waals surface area contributed by atoms with Gasteiger partial charge in [0.05, 0.1) is 5.69 Å². The fourth-order valence-corrected chi connectivity index (χ4v) is 1.76. The molecule has 3 nitrogen and oxygen atoms in total. The van der Waals surface area contributed by atoms with Gasteiger partial charge < -0.3 is 9.73 Å². The van der Waals surface area contributed by atoms with Gasteiger partial charge in [-0.2, -0.15) is 0 Å². The summed E-state index contributed by atoms with van der Waals surface area (Å²) in [7, 11) is 1.79. The minimum absolute atomic E-state index is 0.112. The zero-order chi connectivity index (χ0) is 10.2. The number of hydrogen-bond acceptors (Lipinski definition) is 3. The average Bonchev–Trinajstić information content (AvgIpc) is 2.48. The zero-order valence-corrected chi connectivity index (χ0v) is 7.89.